The van der Waals surface area contributed by atoms with Gasteiger partial charge >= 0.3 is 0 Å². The average Bonchev–Trinajstić information content (AvgIpc) is 2.98. The second kappa shape index (κ2) is 6.31. The number of rotatable bonds is 6. The van der Waals surface area contributed by atoms with Crippen molar-refractivity contribution in [3.05, 3.63) is 40.7 Å². The van der Waals surface area contributed by atoms with Crippen LogP contribution in [0.4, 0.5) is 5.69 Å². The number of hydrazine groups is 1. The fraction of sp³-hybridized carbons (Fsp3) is 0.250. The minimum absolute atomic E-state index is 0.0995. The molecule has 0 spiro atoms. The van der Waals surface area contributed by atoms with Crippen molar-refractivity contribution < 1.29 is 8.42 Å². The lowest BCUT2D eigenvalue weighted by atomic mass is 10.2. The fourth-order valence-corrected chi connectivity index (χ4v) is 4.12. The maximum Gasteiger partial charge on any atom is 0.260 e. The van der Waals surface area contributed by atoms with E-state index in [9.17, 15) is 8.42 Å². The highest BCUT2D eigenvalue weighted by molar-refractivity contribution is 7.89. The number of nitrogens with zero attached hydrogens (tertiary/aromatic N) is 1. The fourth-order valence-electron chi connectivity index (χ4n) is 1.79. The first-order valence-corrected chi connectivity index (χ1v) is 8.42. The molecule has 6 nitrogen and oxygen atoms in total. The van der Waals surface area contributed by atoms with Gasteiger partial charge in [0.15, 0.2) is 5.03 Å². The van der Waals surface area contributed by atoms with Gasteiger partial charge in [0.2, 0.25) is 0 Å². The summed E-state index contributed by atoms with van der Waals surface area (Å²) in [6, 6.07) is 6.71. The van der Waals surface area contributed by atoms with Gasteiger partial charge in [-0.25, -0.2) is 18.1 Å². The maximum atomic E-state index is 12.4. The Hall–Kier alpha value is -1.48. The molecule has 0 aliphatic rings. The van der Waals surface area contributed by atoms with E-state index in [0.29, 0.717) is 6.42 Å². The van der Waals surface area contributed by atoms with E-state index in [0.717, 1.165) is 4.88 Å². The van der Waals surface area contributed by atoms with Gasteiger partial charge in [-0.2, -0.15) is 0 Å². The van der Waals surface area contributed by atoms with Gasteiger partial charge in [-0.05, 0) is 30.0 Å². The van der Waals surface area contributed by atoms with Crippen molar-refractivity contribution in [2.45, 2.75) is 24.4 Å². The van der Waals surface area contributed by atoms with Crippen LogP contribution in [0.1, 0.15) is 24.3 Å². The number of hydrogen-bond acceptors (Lipinski definition) is 6. The molecule has 2 aromatic heterocycles. The lowest BCUT2D eigenvalue weighted by Gasteiger charge is -2.16. The SMILES string of the molecule is CCC(NS(=O)(=O)c1ncccc1NN)c1cccs1. The average molecular weight is 312 g/mol. The Morgan fingerprint density at radius 2 is 2.20 bits per heavy atom. The van der Waals surface area contributed by atoms with Crippen LogP contribution in [0.3, 0.4) is 0 Å². The Morgan fingerprint density at radius 3 is 2.80 bits per heavy atom. The Bertz CT molecular complexity index is 656. The Morgan fingerprint density at radius 1 is 1.40 bits per heavy atom. The van der Waals surface area contributed by atoms with Crippen LogP contribution in [0.25, 0.3) is 0 Å². The van der Waals surface area contributed by atoms with Gasteiger partial charge in [-0.15, -0.1) is 11.3 Å². The molecule has 0 amide bonds. The molecule has 2 heterocycles. The molecule has 0 saturated carbocycles. The summed E-state index contributed by atoms with van der Waals surface area (Å²) in [4.78, 5) is 4.87. The molecule has 0 aliphatic carbocycles. The molecule has 0 fully saturated rings. The first kappa shape index (κ1) is 14.9. The van der Waals surface area contributed by atoms with E-state index in [1.54, 1.807) is 12.1 Å². The van der Waals surface area contributed by atoms with Crippen molar-refractivity contribution in [1.82, 2.24) is 9.71 Å². The molecule has 8 heteroatoms. The monoisotopic (exact) mass is 312 g/mol. The molecule has 108 valence electrons. The maximum absolute atomic E-state index is 12.4. The molecule has 2 aromatic rings. The number of nitrogens with one attached hydrogen (secondary N) is 2. The topological polar surface area (TPSA) is 97.1 Å². The third kappa shape index (κ3) is 3.15. The van der Waals surface area contributed by atoms with Gasteiger partial charge < -0.3 is 5.43 Å². The summed E-state index contributed by atoms with van der Waals surface area (Å²) in [5.74, 6) is 5.33. The normalized spacial score (nSPS) is 13.1. The van der Waals surface area contributed by atoms with E-state index in [-0.39, 0.29) is 16.8 Å². The van der Waals surface area contributed by atoms with Crippen molar-refractivity contribution in [3.8, 4) is 0 Å². The number of aromatic nitrogens is 1. The number of pyridine rings is 1. The molecule has 1 unspecified atom stereocenters. The molecule has 1 atom stereocenters. The highest BCUT2D eigenvalue weighted by Crippen LogP contribution is 2.25. The van der Waals surface area contributed by atoms with Crippen LogP contribution in [0.15, 0.2) is 40.9 Å². The van der Waals surface area contributed by atoms with E-state index < -0.39 is 10.0 Å². The number of nitrogens with two attached hydrogens (primary N) is 1. The number of hydrogen-bond donors (Lipinski definition) is 3. The van der Waals surface area contributed by atoms with Crippen molar-refractivity contribution >= 4 is 27.0 Å². The molecule has 0 aliphatic heterocycles. The van der Waals surface area contributed by atoms with E-state index in [2.05, 4.69) is 15.1 Å². The molecule has 0 aromatic carbocycles. The van der Waals surface area contributed by atoms with Gasteiger partial charge in [-0.1, -0.05) is 13.0 Å². The van der Waals surface area contributed by atoms with Crippen molar-refractivity contribution in [2.24, 2.45) is 5.84 Å². The van der Waals surface area contributed by atoms with E-state index in [4.69, 9.17) is 5.84 Å². The molecule has 4 N–H and O–H groups in total. The zero-order chi connectivity index (χ0) is 14.6. The van der Waals surface area contributed by atoms with Crippen LogP contribution in [-0.2, 0) is 10.0 Å². The molecule has 0 radical (unpaired) electrons. The first-order valence-electron chi connectivity index (χ1n) is 6.06. The van der Waals surface area contributed by atoms with Crippen LogP contribution >= 0.6 is 11.3 Å². The summed E-state index contributed by atoms with van der Waals surface area (Å²) in [5.41, 5.74) is 2.61. The Labute approximate surface area is 122 Å². The zero-order valence-corrected chi connectivity index (χ0v) is 12.5. The highest BCUT2D eigenvalue weighted by atomic mass is 32.2. The van der Waals surface area contributed by atoms with Crippen LogP contribution in [-0.4, -0.2) is 13.4 Å². The second-order valence-corrected chi connectivity index (χ2v) is 6.71. The zero-order valence-electron chi connectivity index (χ0n) is 10.9. The smallest absolute Gasteiger partial charge is 0.260 e. The van der Waals surface area contributed by atoms with E-state index >= 15 is 0 Å². The lowest BCUT2D eigenvalue weighted by molar-refractivity contribution is 0.550. The summed E-state index contributed by atoms with van der Waals surface area (Å²) in [5, 5.41) is 1.82. The van der Waals surface area contributed by atoms with Crippen molar-refractivity contribution in [3.63, 3.8) is 0 Å². The highest BCUT2D eigenvalue weighted by Gasteiger charge is 2.24. The summed E-state index contributed by atoms with van der Waals surface area (Å²) in [6.45, 7) is 1.92. The minimum atomic E-state index is -3.74. The summed E-state index contributed by atoms with van der Waals surface area (Å²) >= 11 is 1.51. The van der Waals surface area contributed by atoms with Gasteiger partial charge in [0.05, 0.1) is 11.7 Å². The van der Waals surface area contributed by atoms with Crippen LogP contribution in [0.5, 0.6) is 0 Å². The molecule has 2 rings (SSSR count). The predicted molar refractivity (Wildman–Crippen MR) is 79.7 cm³/mol. The number of nitrogen functional groups attached to an aromatic ring is 1. The number of anilines is 1. The largest absolute Gasteiger partial charge is 0.321 e. The number of thiophene rings is 1. The van der Waals surface area contributed by atoms with Crippen LogP contribution < -0.4 is 16.0 Å². The standard InChI is InChI=1S/C12H16N4O2S2/c1-2-9(11-6-4-8-19-11)16-20(17,18)12-10(15-13)5-3-7-14-12/h3-9,15-16H,2,13H2,1H3. The Kier molecular flexibility index (Phi) is 4.71. The summed E-state index contributed by atoms with van der Waals surface area (Å²) in [7, 11) is -3.74. The number of sulfonamides is 1. The first-order chi connectivity index (χ1) is 9.58. The van der Waals surface area contributed by atoms with E-state index in [1.807, 2.05) is 24.4 Å². The molecular formula is C12H16N4O2S2. The van der Waals surface area contributed by atoms with Gasteiger partial charge in [0.25, 0.3) is 10.0 Å². The molecular weight excluding hydrogens is 296 g/mol. The van der Waals surface area contributed by atoms with Crippen molar-refractivity contribution in [1.29, 1.82) is 0 Å². The third-order valence-corrected chi connectivity index (χ3v) is 5.19. The van der Waals surface area contributed by atoms with Gasteiger partial charge in [0, 0.05) is 11.1 Å². The third-order valence-electron chi connectivity index (χ3n) is 2.77. The summed E-state index contributed by atoms with van der Waals surface area (Å²) in [6.07, 6.45) is 2.07. The second-order valence-electron chi connectivity index (χ2n) is 4.10. The lowest BCUT2D eigenvalue weighted by Crippen LogP contribution is -2.29. The van der Waals surface area contributed by atoms with Crippen molar-refractivity contribution in [2.75, 3.05) is 5.43 Å². The quantitative estimate of drug-likeness (QED) is 0.559. The van der Waals surface area contributed by atoms with E-state index in [1.165, 1.54) is 17.5 Å². The summed E-state index contributed by atoms with van der Waals surface area (Å²) < 4.78 is 27.5. The predicted octanol–water partition coefficient (Wildman–Crippen LogP) is 1.86. The molecule has 0 bridgehead atoms. The van der Waals surface area contributed by atoms with Crippen LogP contribution in [0.2, 0.25) is 0 Å². The van der Waals surface area contributed by atoms with Gasteiger partial charge in [0.1, 0.15) is 0 Å². The van der Waals surface area contributed by atoms with Gasteiger partial charge in [-0.3, -0.25) is 5.84 Å². The molecule has 20 heavy (non-hydrogen) atoms. The molecule has 0 saturated heterocycles. The Balaban J connectivity index is 2.31. The van der Waals surface area contributed by atoms with Crippen LogP contribution in [0, 0.1) is 0 Å². The minimum Gasteiger partial charge on any atom is -0.321 e.